The average molecular weight is 555 g/mol. The van der Waals surface area contributed by atoms with Gasteiger partial charge in [0.15, 0.2) is 5.13 Å². The van der Waals surface area contributed by atoms with Crippen LogP contribution in [0.2, 0.25) is 5.02 Å². The normalized spacial score (nSPS) is 16.7. The molecular formula is C27H27ClN4O3S2. The minimum absolute atomic E-state index is 0.0361. The summed E-state index contributed by atoms with van der Waals surface area (Å²) in [5, 5.41) is 1.15. The van der Waals surface area contributed by atoms with E-state index in [1.54, 1.807) is 33.7 Å². The molecule has 1 aliphatic rings. The topological polar surface area (TPSA) is 83.5 Å². The highest BCUT2D eigenvalue weighted by molar-refractivity contribution is 7.89. The number of carbonyl (C=O) groups is 1. The van der Waals surface area contributed by atoms with Crippen LogP contribution in [-0.2, 0) is 16.6 Å². The molecule has 0 spiro atoms. The van der Waals surface area contributed by atoms with E-state index in [2.05, 4.69) is 4.98 Å². The number of piperidine rings is 1. The lowest BCUT2D eigenvalue weighted by atomic mass is 10.1. The van der Waals surface area contributed by atoms with Gasteiger partial charge in [-0.05, 0) is 80.3 Å². The molecule has 1 saturated heterocycles. The largest absolute Gasteiger partial charge is 0.279 e. The van der Waals surface area contributed by atoms with Crippen LogP contribution in [0.1, 0.15) is 47.7 Å². The molecule has 4 aromatic rings. The number of sulfonamides is 1. The molecule has 1 unspecified atom stereocenters. The number of nitrogens with zero attached hydrogens (tertiary/aromatic N) is 4. The van der Waals surface area contributed by atoms with Crippen LogP contribution in [0, 0.1) is 6.92 Å². The lowest BCUT2D eigenvalue weighted by molar-refractivity contribution is 0.0985. The van der Waals surface area contributed by atoms with E-state index in [0.29, 0.717) is 22.3 Å². The van der Waals surface area contributed by atoms with Gasteiger partial charge in [-0.25, -0.2) is 13.4 Å². The van der Waals surface area contributed by atoms with E-state index in [4.69, 9.17) is 16.6 Å². The number of thiazole rings is 1. The predicted molar refractivity (Wildman–Crippen MR) is 148 cm³/mol. The molecule has 10 heteroatoms. The fraction of sp³-hybridized carbons (Fsp3) is 0.296. The molecular weight excluding hydrogens is 528 g/mol. The second-order valence-corrected chi connectivity index (χ2v) is 12.6. The summed E-state index contributed by atoms with van der Waals surface area (Å²) in [6, 6.07) is 13.6. The molecule has 1 amide bonds. The Bertz CT molecular complexity index is 1540. The summed E-state index contributed by atoms with van der Waals surface area (Å²) in [5.74, 6) is -0.276. The fourth-order valence-electron chi connectivity index (χ4n) is 4.65. The number of halogens is 1. The number of hydrogen-bond acceptors (Lipinski definition) is 6. The Labute approximate surface area is 225 Å². The van der Waals surface area contributed by atoms with E-state index in [0.717, 1.165) is 40.6 Å². The van der Waals surface area contributed by atoms with E-state index in [1.165, 1.54) is 23.5 Å². The molecule has 1 atom stereocenters. The van der Waals surface area contributed by atoms with Gasteiger partial charge < -0.3 is 0 Å². The van der Waals surface area contributed by atoms with Gasteiger partial charge in [-0.15, -0.1) is 0 Å². The van der Waals surface area contributed by atoms with E-state index in [1.807, 2.05) is 38.1 Å². The third-order valence-corrected chi connectivity index (χ3v) is 9.90. The van der Waals surface area contributed by atoms with Gasteiger partial charge in [-0.2, -0.15) is 4.31 Å². The van der Waals surface area contributed by atoms with Crippen molar-refractivity contribution in [1.29, 1.82) is 0 Å². The first-order chi connectivity index (χ1) is 17.7. The zero-order chi connectivity index (χ0) is 26.2. The maximum Gasteiger partial charge on any atom is 0.260 e. The van der Waals surface area contributed by atoms with Gasteiger partial charge in [0.1, 0.15) is 0 Å². The highest BCUT2D eigenvalue weighted by Gasteiger charge is 2.31. The third kappa shape index (κ3) is 5.27. The van der Waals surface area contributed by atoms with Crippen molar-refractivity contribution in [3.63, 3.8) is 0 Å². The molecule has 1 fully saturated rings. The van der Waals surface area contributed by atoms with Crippen LogP contribution in [0.15, 0.2) is 65.8 Å². The third-order valence-electron chi connectivity index (χ3n) is 6.63. The molecule has 2 aromatic heterocycles. The average Bonchev–Trinajstić information content (AvgIpc) is 3.32. The summed E-state index contributed by atoms with van der Waals surface area (Å²) in [7, 11) is -3.62. The summed E-state index contributed by atoms with van der Waals surface area (Å²) >= 11 is 7.64. The van der Waals surface area contributed by atoms with Crippen LogP contribution < -0.4 is 4.90 Å². The van der Waals surface area contributed by atoms with Gasteiger partial charge in [0.05, 0.1) is 21.7 Å². The van der Waals surface area contributed by atoms with Crippen molar-refractivity contribution in [3.8, 4) is 0 Å². The minimum Gasteiger partial charge on any atom is -0.279 e. The number of rotatable bonds is 6. The first-order valence-corrected chi connectivity index (χ1v) is 14.8. The fourth-order valence-corrected chi connectivity index (χ4v) is 7.77. The number of aryl methyl sites for hydroxylation is 1. The molecule has 5 rings (SSSR count). The Morgan fingerprint density at radius 2 is 1.97 bits per heavy atom. The number of hydrogen-bond donors (Lipinski definition) is 0. The van der Waals surface area contributed by atoms with Gasteiger partial charge in [0, 0.05) is 35.6 Å². The van der Waals surface area contributed by atoms with Crippen LogP contribution >= 0.6 is 22.9 Å². The lowest BCUT2D eigenvalue weighted by Gasteiger charge is -2.32. The summed E-state index contributed by atoms with van der Waals surface area (Å²) in [6.07, 6.45) is 6.14. The second-order valence-electron chi connectivity index (χ2n) is 9.30. The van der Waals surface area contributed by atoms with Crippen molar-refractivity contribution in [2.75, 3.05) is 11.4 Å². The van der Waals surface area contributed by atoms with Crippen LogP contribution in [0.5, 0.6) is 0 Å². The smallest absolute Gasteiger partial charge is 0.260 e. The van der Waals surface area contributed by atoms with Crippen LogP contribution in [0.25, 0.3) is 10.2 Å². The van der Waals surface area contributed by atoms with Crippen molar-refractivity contribution in [1.82, 2.24) is 14.3 Å². The predicted octanol–water partition coefficient (Wildman–Crippen LogP) is 6.06. The molecule has 0 bridgehead atoms. The molecule has 0 radical (unpaired) electrons. The van der Waals surface area contributed by atoms with Gasteiger partial charge in [-0.3, -0.25) is 14.7 Å². The standard InChI is InChI=1S/C27H27ClN4O3S2/c1-18-14-22(28)15-24-25(18)30-27(36-24)31(17-20-7-5-12-29-16-20)26(33)21-8-10-23(11-9-21)37(34,35)32-13-4-3-6-19(32)2/h5,7-12,14-16,19H,3-4,6,13,17H2,1-2H3. The van der Waals surface area contributed by atoms with E-state index >= 15 is 0 Å². The van der Waals surface area contributed by atoms with E-state index in [9.17, 15) is 13.2 Å². The highest BCUT2D eigenvalue weighted by atomic mass is 35.5. The lowest BCUT2D eigenvalue weighted by Crippen LogP contribution is -2.41. The summed E-state index contributed by atoms with van der Waals surface area (Å²) in [6.45, 7) is 4.67. The zero-order valence-corrected chi connectivity index (χ0v) is 23.0. The molecule has 1 aliphatic heterocycles. The number of aromatic nitrogens is 2. The molecule has 37 heavy (non-hydrogen) atoms. The highest BCUT2D eigenvalue weighted by Crippen LogP contribution is 2.34. The summed E-state index contributed by atoms with van der Waals surface area (Å²) in [5.41, 5.74) is 2.96. The molecule has 7 nitrogen and oxygen atoms in total. The Hall–Kier alpha value is -2.85. The first-order valence-electron chi connectivity index (χ1n) is 12.1. The Morgan fingerprint density at radius 1 is 1.19 bits per heavy atom. The number of carbonyl (C=O) groups excluding carboxylic acids is 1. The van der Waals surface area contributed by atoms with Gasteiger partial charge in [0.2, 0.25) is 10.0 Å². The van der Waals surface area contributed by atoms with E-state index < -0.39 is 10.0 Å². The first kappa shape index (κ1) is 25.8. The van der Waals surface area contributed by atoms with Crippen molar-refractivity contribution < 1.29 is 13.2 Å². The number of anilines is 1. The number of pyridine rings is 1. The molecule has 2 aromatic carbocycles. The van der Waals surface area contributed by atoms with Crippen molar-refractivity contribution in [3.05, 3.63) is 82.6 Å². The van der Waals surface area contributed by atoms with Crippen LogP contribution in [0.3, 0.4) is 0 Å². The van der Waals surface area contributed by atoms with Gasteiger partial charge in [0.25, 0.3) is 5.91 Å². The van der Waals surface area contributed by atoms with E-state index in [-0.39, 0.29) is 23.4 Å². The SMILES string of the molecule is Cc1cc(Cl)cc2sc(N(Cc3cccnc3)C(=O)c3ccc(S(=O)(=O)N4CCCCC4C)cc3)nc12. The van der Waals surface area contributed by atoms with Crippen molar-refractivity contribution in [2.45, 2.75) is 50.6 Å². The Kier molecular flexibility index (Phi) is 7.31. The Balaban J connectivity index is 1.49. The molecule has 3 heterocycles. The maximum absolute atomic E-state index is 13.8. The Morgan fingerprint density at radius 3 is 2.68 bits per heavy atom. The van der Waals surface area contributed by atoms with Crippen LogP contribution in [-0.4, -0.2) is 41.2 Å². The number of amides is 1. The molecule has 192 valence electrons. The van der Waals surface area contributed by atoms with Gasteiger partial charge in [-0.1, -0.05) is 35.4 Å². The molecule has 0 saturated carbocycles. The monoisotopic (exact) mass is 554 g/mol. The maximum atomic E-state index is 13.8. The van der Waals surface area contributed by atoms with Crippen molar-refractivity contribution >= 4 is 54.2 Å². The number of benzene rings is 2. The zero-order valence-electron chi connectivity index (χ0n) is 20.6. The van der Waals surface area contributed by atoms with Crippen LogP contribution in [0.4, 0.5) is 5.13 Å². The number of fused-ring (bicyclic) bond motifs is 1. The minimum atomic E-state index is -3.62. The molecule has 0 N–H and O–H groups in total. The summed E-state index contributed by atoms with van der Waals surface area (Å²) in [4.78, 5) is 24.5. The second kappa shape index (κ2) is 10.5. The quantitative estimate of drug-likeness (QED) is 0.289. The summed E-state index contributed by atoms with van der Waals surface area (Å²) < 4.78 is 28.9. The van der Waals surface area contributed by atoms with Crippen molar-refractivity contribution in [2.24, 2.45) is 0 Å². The molecule has 0 aliphatic carbocycles. The van der Waals surface area contributed by atoms with Gasteiger partial charge >= 0.3 is 0 Å².